The van der Waals surface area contributed by atoms with Gasteiger partial charge in [0.25, 0.3) is 11.8 Å². The molecule has 2 aliphatic heterocycles. The molecular weight excluding hydrogens is 330 g/mol. The van der Waals surface area contributed by atoms with E-state index in [0.717, 1.165) is 31.4 Å². The fourth-order valence-corrected chi connectivity index (χ4v) is 4.06. The Balaban J connectivity index is 2.28. The molecule has 8 nitrogen and oxygen atoms in total. The van der Waals surface area contributed by atoms with Crippen LogP contribution in [-0.4, -0.2) is 70.0 Å². The topological polar surface area (TPSA) is 116 Å². The van der Waals surface area contributed by atoms with E-state index in [-0.39, 0.29) is 18.4 Å². The third-order valence-electron chi connectivity index (χ3n) is 5.19. The lowest BCUT2D eigenvalue weighted by molar-refractivity contribution is -0.258. The molecule has 3 N–H and O–H groups in total. The van der Waals surface area contributed by atoms with Crippen molar-refractivity contribution in [1.82, 2.24) is 4.90 Å². The third kappa shape index (κ3) is 3.44. The molecule has 0 aromatic carbocycles. The van der Waals surface area contributed by atoms with E-state index in [4.69, 9.17) is 14.6 Å². The van der Waals surface area contributed by atoms with Gasteiger partial charge in [-0.15, -0.1) is 0 Å². The summed E-state index contributed by atoms with van der Waals surface area (Å²) in [7, 11) is 1.35. The van der Waals surface area contributed by atoms with E-state index in [1.165, 1.54) is 12.0 Å². The molecule has 0 radical (unpaired) electrons. The standard InChI is InChI=1S/C17H27NO7/c1-4-6-10(5-2)14-11(9-19)25-17(24-3)16(15(14)23)18(17)12(20)7-8-13(21)22/h7-8,10-11,14-16,19,23H,4-6,9H2,1-3H3,(H,21,22)/b8-7+. The highest BCUT2D eigenvalue weighted by Gasteiger charge is 2.76. The van der Waals surface area contributed by atoms with Crippen molar-refractivity contribution in [3.05, 3.63) is 12.2 Å². The number of ether oxygens (including phenoxy) is 2. The monoisotopic (exact) mass is 357 g/mol. The summed E-state index contributed by atoms with van der Waals surface area (Å²) < 4.78 is 11.2. The normalized spacial score (nSPS) is 35.5. The van der Waals surface area contributed by atoms with Crippen LogP contribution >= 0.6 is 0 Å². The average Bonchev–Trinajstić information content (AvgIpc) is 3.27. The van der Waals surface area contributed by atoms with E-state index in [9.17, 15) is 19.8 Å². The number of aliphatic hydroxyl groups is 2. The predicted molar refractivity (Wildman–Crippen MR) is 87.3 cm³/mol. The minimum atomic E-state index is -1.45. The third-order valence-corrected chi connectivity index (χ3v) is 5.19. The van der Waals surface area contributed by atoms with Gasteiger partial charge in [-0.2, -0.15) is 0 Å². The van der Waals surface area contributed by atoms with Crippen LogP contribution in [0.25, 0.3) is 0 Å². The van der Waals surface area contributed by atoms with Crippen LogP contribution in [0.3, 0.4) is 0 Å². The summed E-state index contributed by atoms with van der Waals surface area (Å²) in [6, 6.07) is -0.720. The van der Waals surface area contributed by atoms with Crippen molar-refractivity contribution in [2.45, 2.75) is 57.3 Å². The fraction of sp³-hybridized carbons (Fsp3) is 0.765. The van der Waals surface area contributed by atoms with Gasteiger partial charge in [0.2, 0.25) is 0 Å². The maximum absolute atomic E-state index is 12.3. The Morgan fingerprint density at radius 3 is 2.52 bits per heavy atom. The van der Waals surface area contributed by atoms with Crippen molar-refractivity contribution in [2.24, 2.45) is 11.8 Å². The highest BCUT2D eigenvalue weighted by atomic mass is 16.8. The minimum Gasteiger partial charge on any atom is -0.478 e. The van der Waals surface area contributed by atoms with E-state index < -0.39 is 36.0 Å². The zero-order valence-corrected chi connectivity index (χ0v) is 14.8. The lowest BCUT2D eigenvalue weighted by Gasteiger charge is -2.40. The lowest BCUT2D eigenvalue weighted by Crippen LogP contribution is -2.52. The quantitative estimate of drug-likeness (QED) is 0.423. The number of nitrogens with zero attached hydrogens (tertiary/aromatic N) is 1. The van der Waals surface area contributed by atoms with E-state index in [1.807, 2.05) is 6.92 Å². The molecule has 0 aliphatic carbocycles. The molecule has 2 rings (SSSR count). The van der Waals surface area contributed by atoms with E-state index >= 15 is 0 Å². The van der Waals surface area contributed by atoms with E-state index in [2.05, 4.69) is 6.92 Å². The fourth-order valence-electron chi connectivity index (χ4n) is 4.06. The lowest BCUT2D eigenvalue weighted by atomic mass is 9.76. The highest BCUT2D eigenvalue weighted by Crippen LogP contribution is 2.54. The van der Waals surface area contributed by atoms with Gasteiger partial charge in [-0.1, -0.05) is 33.1 Å². The second-order valence-electron chi connectivity index (χ2n) is 6.52. The van der Waals surface area contributed by atoms with Crippen molar-refractivity contribution < 1.29 is 34.4 Å². The molecular formula is C17H27NO7. The zero-order chi connectivity index (χ0) is 18.8. The number of carbonyl (C=O) groups excluding carboxylic acids is 1. The molecule has 8 heteroatoms. The van der Waals surface area contributed by atoms with Gasteiger partial charge in [0.15, 0.2) is 0 Å². The summed E-state index contributed by atoms with van der Waals surface area (Å²) in [5.41, 5.74) is 0. The number of carboxylic acid groups (broad SMARTS) is 1. The first-order valence-corrected chi connectivity index (χ1v) is 8.64. The Kier molecular flexibility index (Phi) is 6.21. The number of carboxylic acids is 1. The van der Waals surface area contributed by atoms with Gasteiger partial charge in [-0.3, -0.25) is 9.69 Å². The predicted octanol–water partition coefficient (Wildman–Crippen LogP) is 0.333. The van der Waals surface area contributed by atoms with Crippen molar-refractivity contribution in [1.29, 1.82) is 0 Å². The summed E-state index contributed by atoms with van der Waals surface area (Å²) in [4.78, 5) is 24.1. The molecule has 2 heterocycles. The first-order chi connectivity index (χ1) is 11.9. The van der Waals surface area contributed by atoms with Gasteiger partial charge >= 0.3 is 5.97 Å². The summed E-state index contributed by atoms with van der Waals surface area (Å²) in [5.74, 6) is -3.50. The molecule has 0 bridgehead atoms. The summed E-state index contributed by atoms with van der Waals surface area (Å²) in [6.07, 6.45) is 2.67. The van der Waals surface area contributed by atoms with Gasteiger partial charge in [-0.05, 0) is 5.92 Å². The molecule has 25 heavy (non-hydrogen) atoms. The second kappa shape index (κ2) is 7.82. The Morgan fingerprint density at radius 2 is 2.04 bits per heavy atom. The number of aliphatic hydroxyl groups excluding tert-OH is 2. The summed E-state index contributed by atoms with van der Waals surface area (Å²) in [6.45, 7) is 3.77. The van der Waals surface area contributed by atoms with Crippen LogP contribution in [-0.2, 0) is 19.1 Å². The van der Waals surface area contributed by atoms with Crippen LogP contribution in [0.1, 0.15) is 33.1 Å². The molecule has 2 fully saturated rings. The highest BCUT2D eigenvalue weighted by molar-refractivity contribution is 5.95. The zero-order valence-electron chi connectivity index (χ0n) is 14.8. The molecule has 2 saturated heterocycles. The molecule has 0 aromatic rings. The first kappa shape index (κ1) is 19.8. The van der Waals surface area contributed by atoms with Crippen molar-refractivity contribution in [2.75, 3.05) is 13.7 Å². The first-order valence-electron chi connectivity index (χ1n) is 8.64. The SMILES string of the molecule is CCCC(CC)C1C(CO)OC2(OC)C(C1O)N2C(=O)/C=C/C(=O)O. The van der Waals surface area contributed by atoms with Crippen LogP contribution in [0, 0.1) is 11.8 Å². The van der Waals surface area contributed by atoms with Crippen molar-refractivity contribution >= 4 is 11.9 Å². The van der Waals surface area contributed by atoms with Crippen LogP contribution in [0.5, 0.6) is 0 Å². The van der Waals surface area contributed by atoms with Crippen molar-refractivity contribution in [3.63, 3.8) is 0 Å². The number of fused-ring (bicyclic) bond motifs is 1. The Labute approximate surface area is 147 Å². The van der Waals surface area contributed by atoms with Gasteiger partial charge in [0.05, 0.1) is 18.8 Å². The Morgan fingerprint density at radius 1 is 1.36 bits per heavy atom. The van der Waals surface area contributed by atoms with Crippen molar-refractivity contribution in [3.8, 4) is 0 Å². The van der Waals surface area contributed by atoms with Gasteiger partial charge in [-0.25, -0.2) is 4.79 Å². The molecule has 0 aromatic heterocycles. The van der Waals surface area contributed by atoms with Crippen LogP contribution in [0.15, 0.2) is 12.2 Å². The van der Waals surface area contributed by atoms with Gasteiger partial charge in [0, 0.05) is 25.2 Å². The maximum atomic E-state index is 12.3. The number of methoxy groups -OCH3 is 1. The number of hydrogen-bond acceptors (Lipinski definition) is 6. The second-order valence-corrected chi connectivity index (χ2v) is 6.52. The van der Waals surface area contributed by atoms with Crippen LogP contribution < -0.4 is 0 Å². The molecule has 1 amide bonds. The molecule has 6 atom stereocenters. The molecule has 0 saturated carbocycles. The number of aliphatic carboxylic acids is 1. The largest absolute Gasteiger partial charge is 0.478 e. The Hall–Kier alpha value is -1.48. The average molecular weight is 357 g/mol. The van der Waals surface area contributed by atoms with E-state index in [1.54, 1.807) is 0 Å². The maximum Gasteiger partial charge on any atom is 0.328 e. The van der Waals surface area contributed by atoms with Crippen LogP contribution in [0.2, 0.25) is 0 Å². The smallest absolute Gasteiger partial charge is 0.328 e. The number of amides is 1. The summed E-state index contributed by atoms with van der Waals surface area (Å²) in [5, 5.41) is 29.3. The van der Waals surface area contributed by atoms with Gasteiger partial charge in [0.1, 0.15) is 6.04 Å². The number of hydrogen-bond donors (Lipinski definition) is 3. The Bertz CT molecular complexity index is 537. The number of rotatable bonds is 8. The molecule has 6 unspecified atom stereocenters. The summed E-state index contributed by atoms with van der Waals surface area (Å²) >= 11 is 0. The minimum absolute atomic E-state index is 0.138. The van der Waals surface area contributed by atoms with Gasteiger partial charge < -0.3 is 24.8 Å². The van der Waals surface area contributed by atoms with Crippen LogP contribution in [0.4, 0.5) is 0 Å². The number of carbonyl (C=O) groups is 2. The van der Waals surface area contributed by atoms with E-state index in [0.29, 0.717) is 0 Å². The molecule has 0 spiro atoms. The molecule has 142 valence electrons. The molecule has 2 aliphatic rings.